The number of fused-ring (bicyclic) bond motifs is 1. The Hall–Kier alpha value is -2.03. The molecule has 1 heterocycles. The first-order valence-electron chi connectivity index (χ1n) is 11.5. The van der Waals surface area contributed by atoms with E-state index in [-0.39, 0.29) is 30.3 Å². The van der Waals surface area contributed by atoms with Crippen LogP contribution < -0.4 is 15.4 Å². The van der Waals surface area contributed by atoms with Crippen molar-refractivity contribution in [2.75, 3.05) is 13.2 Å². The lowest BCUT2D eigenvalue weighted by Gasteiger charge is -2.31. The Morgan fingerprint density at radius 2 is 1.85 bits per heavy atom. The van der Waals surface area contributed by atoms with E-state index in [0.29, 0.717) is 12.2 Å². The van der Waals surface area contributed by atoms with Crippen LogP contribution in [0.1, 0.15) is 56.8 Å². The van der Waals surface area contributed by atoms with Gasteiger partial charge in [0.1, 0.15) is 17.4 Å². The van der Waals surface area contributed by atoms with Gasteiger partial charge in [-0.05, 0) is 63.5 Å². The minimum Gasteiger partial charge on any atom is -0.492 e. The van der Waals surface area contributed by atoms with E-state index < -0.39 is 23.8 Å². The van der Waals surface area contributed by atoms with Crippen molar-refractivity contribution in [3.63, 3.8) is 0 Å². The second-order valence-corrected chi connectivity index (χ2v) is 11.0. The highest BCUT2D eigenvalue weighted by atomic mass is 79.9. The SMILES string of the molecule is CC(=O)NC(Cc1cc(F)cc(F)c1)C(O)CNC1CCOc2c(Br)cc(CC(C)(C)C)cc21. The van der Waals surface area contributed by atoms with Crippen LogP contribution in [-0.2, 0) is 17.6 Å². The molecule has 2 aromatic carbocycles. The summed E-state index contributed by atoms with van der Waals surface area (Å²) in [6.45, 7) is 8.65. The first kappa shape index (κ1) is 26.6. The van der Waals surface area contributed by atoms with Crippen LogP contribution in [0.2, 0.25) is 0 Å². The summed E-state index contributed by atoms with van der Waals surface area (Å²) in [6, 6.07) is 6.71. The number of carbonyl (C=O) groups excluding carboxylic acids is 1. The predicted molar refractivity (Wildman–Crippen MR) is 132 cm³/mol. The molecule has 1 amide bonds. The number of rotatable bonds is 8. The number of benzene rings is 2. The van der Waals surface area contributed by atoms with Crippen molar-refractivity contribution in [2.45, 2.75) is 65.1 Å². The summed E-state index contributed by atoms with van der Waals surface area (Å²) in [7, 11) is 0. The lowest BCUT2D eigenvalue weighted by molar-refractivity contribution is -0.120. The van der Waals surface area contributed by atoms with Crippen molar-refractivity contribution >= 4 is 21.8 Å². The summed E-state index contributed by atoms with van der Waals surface area (Å²) in [4.78, 5) is 11.7. The Morgan fingerprint density at radius 1 is 1.18 bits per heavy atom. The molecule has 186 valence electrons. The molecule has 0 saturated heterocycles. The number of halogens is 3. The molecule has 1 aliphatic heterocycles. The van der Waals surface area contributed by atoms with Crippen LogP contribution in [0.3, 0.4) is 0 Å². The zero-order valence-corrected chi connectivity index (χ0v) is 21.6. The van der Waals surface area contributed by atoms with E-state index in [1.54, 1.807) is 0 Å². The van der Waals surface area contributed by atoms with Crippen LogP contribution in [0.4, 0.5) is 8.78 Å². The normalized spacial score (nSPS) is 17.5. The first-order chi connectivity index (χ1) is 15.9. The molecule has 3 rings (SSSR count). The zero-order chi connectivity index (χ0) is 25.0. The number of hydrogen-bond donors (Lipinski definition) is 3. The number of nitrogens with one attached hydrogen (secondary N) is 2. The van der Waals surface area contributed by atoms with Crippen LogP contribution >= 0.6 is 15.9 Å². The third kappa shape index (κ3) is 7.48. The second-order valence-electron chi connectivity index (χ2n) is 10.2. The third-order valence-electron chi connectivity index (χ3n) is 5.70. The summed E-state index contributed by atoms with van der Waals surface area (Å²) in [5.74, 6) is -0.920. The molecule has 8 heteroatoms. The van der Waals surface area contributed by atoms with E-state index in [2.05, 4.69) is 59.5 Å². The highest BCUT2D eigenvalue weighted by Gasteiger charge is 2.27. The molecule has 0 fully saturated rings. The van der Waals surface area contributed by atoms with Gasteiger partial charge in [-0.25, -0.2) is 8.78 Å². The molecule has 0 bridgehead atoms. The van der Waals surface area contributed by atoms with Crippen molar-refractivity contribution in [1.29, 1.82) is 0 Å². The Labute approximate surface area is 208 Å². The van der Waals surface area contributed by atoms with E-state index in [1.165, 1.54) is 24.6 Å². The van der Waals surface area contributed by atoms with Gasteiger partial charge in [0.2, 0.25) is 5.91 Å². The number of carbonyl (C=O) groups is 1. The molecule has 2 aromatic rings. The lowest BCUT2D eigenvalue weighted by Crippen LogP contribution is -2.48. The van der Waals surface area contributed by atoms with Crippen molar-refractivity contribution in [3.8, 4) is 5.75 Å². The molecule has 3 unspecified atom stereocenters. The fourth-order valence-corrected chi connectivity index (χ4v) is 5.01. The van der Waals surface area contributed by atoms with Crippen molar-refractivity contribution in [2.24, 2.45) is 5.41 Å². The van der Waals surface area contributed by atoms with Gasteiger partial charge in [0, 0.05) is 37.6 Å². The molecular formula is C26H33BrF2N2O3. The molecule has 0 aromatic heterocycles. The number of aliphatic hydroxyl groups is 1. The molecule has 0 spiro atoms. The van der Waals surface area contributed by atoms with Gasteiger partial charge < -0.3 is 20.5 Å². The van der Waals surface area contributed by atoms with Crippen molar-refractivity contribution in [1.82, 2.24) is 10.6 Å². The van der Waals surface area contributed by atoms with Gasteiger partial charge in [-0.15, -0.1) is 0 Å². The van der Waals surface area contributed by atoms with Crippen molar-refractivity contribution < 1.29 is 23.4 Å². The minimum absolute atomic E-state index is 0.0424. The maximum Gasteiger partial charge on any atom is 0.217 e. The molecule has 0 saturated carbocycles. The topological polar surface area (TPSA) is 70.6 Å². The number of ether oxygens (including phenoxy) is 1. The second kappa shape index (κ2) is 11.1. The van der Waals surface area contributed by atoms with Gasteiger partial charge in [0.05, 0.1) is 23.2 Å². The van der Waals surface area contributed by atoms with Crippen LogP contribution in [0.25, 0.3) is 0 Å². The lowest BCUT2D eigenvalue weighted by atomic mass is 9.86. The molecule has 0 radical (unpaired) electrons. The van der Waals surface area contributed by atoms with E-state index in [0.717, 1.165) is 34.7 Å². The first-order valence-corrected chi connectivity index (χ1v) is 12.3. The largest absolute Gasteiger partial charge is 0.492 e. The summed E-state index contributed by atoms with van der Waals surface area (Å²) in [6.07, 6.45) is 0.763. The van der Waals surface area contributed by atoms with Gasteiger partial charge in [-0.1, -0.05) is 26.8 Å². The average Bonchev–Trinajstić information content (AvgIpc) is 2.69. The summed E-state index contributed by atoms with van der Waals surface area (Å²) < 4.78 is 34.1. The molecule has 3 N–H and O–H groups in total. The Balaban J connectivity index is 1.74. The average molecular weight is 539 g/mol. The van der Waals surface area contributed by atoms with E-state index >= 15 is 0 Å². The Kier molecular flexibility index (Phi) is 8.71. The Morgan fingerprint density at radius 3 is 2.47 bits per heavy atom. The molecule has 1 aliphatic rings. The van der Waals surface area contributed by atoms with Crippen LogP contribution in [-0.4, -0.2) is 36.3 Å². The van der Waals surface area contributed by atoms with E-state index in [1.807, 2.05) is 0 Å². The summed E-state index contributed by atoms with van der Waals surface area (Å²) in [5, 5.41) is 17.0. The monoisotopic (exact) mass is 538 g/mol. The fraction of sp³-hybridized carbons (Fsp3) is 0.500. The quantitative estimate of drug-likeness (QED) is 0.449. The number of hydrogen-bond acceptors (Lipinski definition) is 4. The summed E-state index contributed by atoms with van der Waals surface area (Å²) in [5.41, 5.74) is 2.71. The number of aliphatic hydroxyl groups excluding tert-OH is 1. The van der Waals surface area contributed by atoms with Crippen molar-refractivity contribution in [3.05, 3.63) is 63.1 Å². The highest BCUT2D eigenvalue weighted by Crippen LogP contribution is 2.40. The maximum atomic E-state index is 13.6. The van der Waals surface area contributed by atoms with Gasteiger partial charge in [0.15, 0.2) is 0 Å². The van der Waals surface area contributed by atoms with E-state index in [4.69, 9.17) is 4.74 Å². The predicted octanol–water partition coefficient (Wildman–Crippen LogP) is 4.84. The molecule has 5 nitrogen and oxygen atoms in total. The summed E-state index contributed by atoms with van der Waals surface area (Å²) >= 11 is 3.64. The van der Waals surface area contributed by atoms with Crippen LogP contribution in [0.15, 0.2) is 34.8 Å². The van der Waals surface area contributed by atoms with E-state index in [9.17, 15) is 18.7 Å². The van der Waals surface area contributed by atoms with Crippen LogP contribution in [0.5, 0.6) is 5.75 Å². The number of amides is 1. The van der Waals surface area contributed by atoms with Crippen LogP contribution in [0, 0.1) is 17.0 Å². The molecule has 34 heavy (non-hydrogen) atoms. The van der Waals surface area contributed by atoms with Gasteiger partial charge >= 0.3 is 0 Å². The molecular weight excluding hydrogens is 506 g/mol. The van der Waals surface area contributed by atoms with Gasteiger partial charge in [0.25, 0.3) is 0 Å². The Bertz CT molecular complexity index is 1010. The zero-order valence-electron chi connectivity index (χ0n) is 20.1. The fourth-order valence-electron chi connectivity index (χ4n) is 4.38. The highest BCUT2D eigenvalue weighted by molar-refractivity contribution is 9.10. The maximum absolute atomic E-state index is 13.6. The minimum atomic E-state index is -0.970. The van der Waals surface area contributed by atoms with Gasteiger partial charge in [-0.2, -0.15) is 0 Å². The smallest absolute Gasteiger partial charge is 0.217 e. The standard InChI is InChI=1S/C26H33BrF2N2O3/c1-15(32)31-23(11-16-7-18(28)12-19(29)8-16)24(33)14-30-22-5-6-34-25-20(22)9-17(10-21(25)27)13-26(2,3)4/h7-10,12,22-24,30,33H,5-6,11,13-14H2,1-4H3,(H,31,32). The van der Waals surface area contributed by atoms with Gasteiger partial charge in [-0.3, -0.25) is 4.79 Å². The third-order valence-corrected chi connectivity index (χ3v) is 6.29. The molecule has 0 aliphatic carbocycles. The molecule has 3 atom stereocenters.